The van der Waals surface area contributed by atoms with Crippen molar-refractivity contribution in [1.82, 2.24) is 4.98 Å². The zero-order valence-electron chi connectivity index (χ0n) is 8.08. The lowest BCUT2D eigenvalue weighted by Crippen LogP contribution is -2.31. The average molecular weight is 281 g/mol. The van der Waals surface area contributed by atoms with Crippen LogP contribution in [0.4, 0.5) is 8.78 Å². The third-order valence-electron chi connectivity index (χ3n) is 1.86. The SMILES string of the molecule is COc1ncc(Br)cc1CC(N)C(F)F. The fraction of sp³-hybridized carbons (Fsp3) is 0.444. The van der Waals surface area contributed by atoms with Crippen LogP contribution < -0.4 is 10.5 Å². The van der Waals surface area contributed by atoms with Gasteiger partial charge >= 0.3 is 0 Å². The van der Waals surface area contributed by atoms with Crippen LogP contribution in [0.3, 0.4) is 0 Å². The van der Waals surface area contributed by atoms with Gasteiger partial charge in [0.1, 0.15) is 0 Å². The number of hydrogen-bond donors (Lipinski definition) is 1. The van der Waals surface area contributed by atoms with Crippen molar-refractivity contribution in [3.8, 4) is 5.88 Å². The maximum absolute atomic E-state index is 12.3. The Morgan fingerprint density at radius 1 is 1.60 bits per heavy atom. The Bertz CT molecular complexity index is 336. The van der Waals surface area contributed by atoms with Crippen LogP contribution in [0, 0.1) is 0 Å². The van der Waals surface area contributed by atoms with Crippen LogP contribution in [-0.2, 0) is 6.42 Å². The minimum atomic E-state index is -2.55. The molecule has 15 heavy (non-hydrogen) atoms. The first-order valence-corrected chi connectivity index (χ1v) is 5.06. The Hall–Kier alpha value is -0.750. The summed E-state index contributed by atoms with van der Waals surface area (Å²) in [4.78, 5) is 3.94. The fourth-order valence-electron chi connectivity index (χ4n) is 1.14. The van der Waals surface area contributed by atoms with Gasteiger partial charge in [-0.05, 0) is 28.4 Å². The largest absolute Gasteiger partial charge is 0.481 e. The van der Waals surface area contributed by atoms with E-state index < -0.39 is 12.5 Å². The second-order valence-corrected chi connectivity index (χ2v) is 3.94. The van der Waals surface area contributed by atoms with Crippen molar-refractivity contribution in [3.63, 3.8) is 0 Å². The Balaban J connectivity index is 2.87. The minimum absolute atomic E-state index is 0.0350. The van der Waals surface area contributed by atoms with Crippen LogP contribution in [0.1, 0.15) is 5.56 Å². The molecule has 0 spiro atoms. The van der Waals surface area contributed by atoms with Gasteiger partial charge in [0, 0.05) is 16.2 Å². The van der Waals surface area contributed by atoms with Crippen molar-refractivity contribution < 1.29 is 13.5 Å². The highest BCUT2D eigenvalue weighted by atomic mass is 79.9. The van der Waals surface area contributed by atoms with Crippen LogP contribution in [-0.4, -0.2) is 24.6 Å². The van der Waals surface area contributed by atoms with Gasteiger partial charge in [-0.2, -0.15) is 0 Å². The molecule has 0 aliphatic rings. The maximum atomic E-state index is 12.3. The Kier molecular flexibility index (Phi) is 4.41. The topological polar surface area (TPSA) is 48.1 Å². The molecule has 6 heteroatoms. The molecular weight excluding hydrogens is 270 g/mol. The lowest BCUT2D eigenvalue weighted by Gasteiger charge is -2.12. The first-order chi connectivity index (χ1) is 7.04. The minimum Gasteiger partial charge on any atom is -0.481 e. The van der Waals surface area contributed by atoms with Crippen molar-refractivity contribution in [2.45, 2.75) is 18.9 Å². The molecule has 0 bridgehead atoms. The molecule has 0 saturated heterocycles. The molecule has 3 nitrogen and oxygen atoms in total. The number of nitrogens with zero attached hydrogens (tertiary/aromatic N) is 1. The van der Waals surface area contributed by atoms with E-state index in [9.17, 15) is 8.78 Å². The van der Waals surface area contributed by atoms with E-state index in [2.05, 4.69) is 20.9 Å². The van der Waals surface area contributed by atoms with Crippen LogP contribution in [0.15, 0.2) is 16.7 Å². The first-order valence-electron chi connectivity index (χ1n) is 4.26. The predicted molar refractivity (Wildman–Crippen MR) is 56.2 cm³/mol. The van der Waals surface area contributed by atoms with Crippen LogP contribution in [0.25, 0.3) is 0 Å². The number of nitrogens with two attached hydrogens (primary N) is 1. The molecule has 1 atom stereocenters. The number of alkyl halides is 2. The molecule has 1 heterocycles. The third-order valence-corrected chi connectivity index (χ3v) is 2.30. The Labute approximate surface area is 94.8 Å². The van der Waals surface area contributed by atoms with Gasteiger partial charge in [-0.1, -0.05) is 0 Å². The Morgan fingerprint density at radius 3 is 2.80 bits per heavy atom. The summed E-state index contributed by atoms with van der Waals surface area (Å²) < 4.78 is 30.2. The highest BCUT2D eigenvalue weighted by Crippen LogP contribution is 2.21. The normalized spacial score (nSPS) is 12.9. The lowest BCUT2D eigenvalue weighted by molar-refractivity contribution is 0.115. The molecule has 1 rings (SSSR count). The third kappa shape index (κ3) is 3.39. The van der Waals surface area contributed by atoms with Gasteiger partial charge in [-0.25, -0.2) is 13.8 Å². The van der Waals surface area contributed by atoms with Gasteiger partial charge in [0.2, 0.25) is 5.88 Å². The van der Waals surface area contributed by atoms with Gasteiger partial charge in [0.25, 0.3) is 6.43 Å². The number of rotatable bonds is 4. The number of methoxy groups -OCH3 is 1. The zero-order chi connectivity index (χ0) is 11.4. The molecule has 0 aromatic carbocycles. The molecule has 2 N–H and O–H groups in total. The molecule has 1 unspecified atom stereocenters. The van der Waals surface area contributed by atoms with Crippen molar-refractivity contribution >= 4 is 15.9 Å². The molecule has 0 radical (unpaired) electrons. The maximum Gasteiger partial charge on any atom is 0.253 e. The van der Waals surface area contributed by atoms with Gasteiger partial charge in [-0.15, -0.1) is 0 Å². The molecular formula is C9H11BrF2N2O. The fourth-order valence-corrected chi connectivity index (χ4v) is 1.52. The summed E-state index contributed by atoms with van der Waals surface area (Å²) in [7, 11) is 1.44. The molecule has 0 aliphatic carbocycles. The van der Waals surface area contributed by atoms with Crippen molar-refractivity contribution in [3.05, 3.63) is 22.3 Å². The standard InChI is InChI=1S/C9H11BrF2N2O/c1-15-9-5(2-6(10)4-14-9)3-7(13)8(11)12/h2,4,7-8H,3,13H2,1H3. The lowest BCUT2D eigenvalue weighted by atomic mass is 10.1. The molecule has 1 aromatic heterocycles. The monoisotopic (exact) mass is 280 g/mol. The van der Waals surface area contributed by atoms with Crippen molar-refractivity contribution in [1.29, 1.82) is 0 Å². The quantitative estimate of drug-likeness (QED) is 0.918. The van der Waals surface area contributed by atoms with Crippen LogP contribution >= 0.6 is 15.9 Å². The number of hydrogen-bond acceptors (Lipinski definition) is 3. The zero-order valence-corrected chi connectivity index (χ0v) is 9.67. The number of halogens is 3. The molecule has 84 valence electrons. The summed E-state index contributed by atoms with van der Waals surface area (Å²) in [6.45, 7) is 0. The number of ether oxygens (including phenoxy) is 1. The van der Waals surface area contributed by atoms with Gasteiger partial charge in [0.15, 0.2) is 0 Å². The van der Waals surface area contributed by atoms with Crippen LogP contribution in [0.5, 0.6) is 5.88 Å². The number of pyridine rings is 1. The summed E-state index contributed by atoms with van der Waals surface area (Å²) in [5, 5.41) is 0. The molecule has 1 aromatic rings. The van der Waals surface area contributed by atoms with E-state index in [0.717, 1.165) is 0 Å². The highest BCUT2D eigenvalue weighted by molar-refractivity contribution is 9.10. The predicted octanol–water partition coefficient (Wildman–Crippen LogP) is 1.99. The van der Waals surface area contributed by atoms with Gasteiger partial charge in [0.05, 0.1) is 13.2 Å². The summed E-state index contributed by atoms with van der Waals surface area (Å²) in [6.07, 6.45) is -0.975. The first kappa shape index (κ1) is 12.3. The molecule has 0 fully saturated rings. The summed E-state index contributed by atoms with van der Waals surface area (Å²) >= 11 is 3.21. The summed E-state index contributed by atoms with van der Waals surface area (Å²) in [6, 6.07) is 0.476. The van der Waals surface area contributed by atoms with E-state index >= 15 is 0 Å². The smallest absolute Gasteiger partial charge is 0.253 e. The van der Waals surface area contributed by atoms with Gasteiger partial charge < -0.3 is 10.5 Å². The Morgan fingerprint density at radius 2 is 2.27 bits per heavy atom. The summed E-state index contributed by atoms with van der Waals surface area (Å²) in [5.74, 6) is 0.328. The van der Waals surface area contributed by atoms with E-state index in [4.69, 9.17) is 10.5 Å². The second kappa shape index (κ2) is 5.37. The number of aromatic nitrogens is 1. The van der Waals surface area contributed by atoms with Gasteiger partial charge in [-0.3, -0.25) is 0 Å². The highest BCUT2D eigenvalue weighted by Gasteiger charge is 2.18. The van der Waals surface area contributed by atoms with E-state index in [0.29, 0.717) is 15.9 Å². The summed E-state index contributed by atoms with van der Waals surface area (Å²) in [5.41, 5.74) is 5.84. The molecule has 0 saturated carbocycles. The van der Waals surface area contributed by atoms with E-state index in [1.807, 2.05) is 0 Å². The van der Waals surface area contributed by atoms with Crippen molar-refractivity contribution in [2.75, 3.05) is 7.11 Å². The van der Waals surface area contributed by atoms with Crippen LogP contribution in [0.2, 0.25) is 0 Å². The van der Waals surface area contributed by atoms with E-state index in [1.54, 1.807) is 6.07 Å². The second-order valence-electron chi connectivity index (χ2n) is 3.02. The molecule has 0 amide bonds. The van der Waals surface area contributed by atoms with E-state index in [-0.39, 0.29) is 6.42 Å². The average Bonchev–Trinajstić information content (AvgIpc) is 2.18. The van der Waals surface area contributed by atoms with Crippen molar-refractivity contribution in [2.24, 2.45) is 5.73 Å². The molecule has 0 aliphatic heterocycles. The van der Waals surface area contributed by atoms with E-state index in [1.165, 1.54) is 13.3 Å².